The number of amides is 1. The highest BCUT2D eigenvalue weighted by atomic mass is 16.5. The summed E-state index contributed by atoms with van der Waals surface area (Å²) >= 11 is 0. The number of ether oxygens (including phenoxy) is 2. The molecule has 118 valence electrons. The predicted molar refractivity (Wildman–Crippen MR) is 83.2 cm³/mol. The molecule has 1 aromatic carbocycles. The number of nitrogens with two attached hydrogens (primary N) is 1. The van der Waals surface area contributed by atoms with Crippen molar-refractivity contribution in [2.75, 3.05) is 26.5 Å². The molecule has 0 unspecified atom stereocenters. The van der Waals surface area contributed by atoms with Crippen LogP contribution in [-0.4, -0.2) is 36.5 Å². The molecular formula is C15H20N4O3. The quantitative estimate of drug-likeness (QED) is 0.830. The number of carbonyl (C=O) groups is 1. The summed E-state index contributed by atoms with van der Waals surface area (Å²) in [6.07, 6.45) is 2.13. The van der Waals surface area contributed by atoms with Crippen LogP contribution in [0.5, 0.6) is 11.5 Å². The second-order valence-corrected chi connectivity index (χ2v) is 4.76. The fourth-order valence-corrected chi connectivity index (χ4v) is 2.07. The van der Waals surface area contributed by atoms with Crippen LogP contribution in [0.2, 0.25) is 0 Å². The lowest BCUT2D eigenvalue weighted by Gasteiger charge is -2.10. The zero-order chi connectivity index (χ0) is 16.1. The van der Waals surface area contributed by atoms with Crippen molar-refractivity contribution in [1.82, 2.24) is 15.1 Å². The number of aryl methyl sites for hydroxylation is 1. The average molecular weight is 304 g/mol. The van der Waals surface area contributed by atoms with Gasteiger partial charge in [-0.05, 0) is 24.1 Å². The molecule has 7 nitrogen and oxygen atoms in total. The SMILES string of the molecule is COc1ccc(CCNC(=O)c2cnn(C)c2N)cc1OC. The van der Waals surface area contributed by atoms with Crippen molar-refractivity contribution in [3.63, 3.8) is 0 Å². The van der Waals surface area contributed by atoms with E-state index >= 15 is 0 Å². The van der Waals surface area contributed by atoms with Crippen LogP contribution in [-0.2, 0) is 13.5 Å². The van der Waals surface area contributed by atoms with Crippen LogP contribution in [0, 0.1) is 0 Å². The van der Waals surface area contributed by atoms with Gasteiger partial charge in [-0.25, -0.2) is 0 Å². The molecule has 0 bridgehead atoms. The highest BCUT2D eigenvalue weighted by molar-refractivity contribution is 5.98. The van der Waals surface area contributed by atoms with Gasteiger partial charge in [0.1, 0.15) is 11.4 Å². The Balaban J connectivity index is 1.94. The van der Waals surface area contributed by atoms with E-state index < -0.39 is 0 Å². The van der Waals surface area contributed by atoms with Gasteiger partial charge in [0.25, 0.3) is 5.91 Å². The summed E-state index contributed by atoms with van der Waals surface area (Å²) in [7, 11) is 4.88. The molecule has 0 spiro atoms. The summed E-state index contributed by atoms with van der Waals surface area (Å²) in [6, 6.07) is 5.67. The molecule has 0 saturated heterocycles. The molecule has 1 heterocycles. The first-order valence-corrected chi connectivity index (χ1v) is 6.83. The molecule has 3 N–H and O–H groups in total. The zero-order valence-electron chi connectivity index (χ0n) is 12.9. The number of anilines is 1. The Morgan fingerprint density at radius 3 is 2.64 bits per heavy atom. The van der Waals surface area contributed by atoms with Gasteiger partial charge >= 0.3 is 0 Å². The lowest BCUT2D eigenvalue weighted by atomic mass is 10.1. The Labute approximate surface area is 129 Å². The third kappa shape index (κ3) is 3.30. The van der Waals surface area contributed by atoms with Crippen LogP contribution in [0.15, 0.2) is 24.4 Å². The molecule has 0 saturated carbocycles. The number of nitrogen functional groups attached to an aromatic ring is 1. The Kier molecular flexibility index (Phi) is 4.88. The second-order valence-electron chi connectivity index (χ2n) is 4.76. The Hall–Kier alpha value is -2.70. The molecule has 0 aliphatic carbocycles. The number of rotatable bonds is 6. The monoisotopic (exact) mass is 304 g/mol. The van der Waals surface area contributed by atoms with Crippen LogP contribution in [0.25, 0.3) is 0 Å². The summed E-state index contributed by atoms with van der Waals surface area (Å²) < 4.78 is 11.9. The fraction of sp³-hybridized carbons (Fsp3) is 0.333. The minimum absolute atomic E-state index is 0.230. The first kappa shape index (κ1) is 15.7. The van der Waals surface area contributed by atoms with Gasteiger partial charge in [-0.3, -0.25) is 9.48 Å². The maximum absolute atomic E-state index is 12.0. The van der Waals surface area contributed by atoms with Crippen molar-refractivity contribution in [3.8, 4) is 11.5 Å². The Morgan fingerprint density at radius 1 is 1.32 bits per heavy atom. The van der Waals surface area contributed by atoms with E-state index in [0.717, 1.165) is 5.56 Å². The number of hydrogen-bond donors (Lipinski definition) is 2. The molecule has 1 aromatic heterocycles. The summed E-state index contributed by atoms with van der Waals surface area (Å²) in [4.78, 5) is 12.0. The lowest BCUT2D eigenvalue weighted by Crippen LogP contribution is -2.26. The van der Waals surface area contributed by atoms with Gasteiger partial charge in [0.05, 0.1) is 20.4 Å². The van der Waals surface area contributed by atoms with E-state index in [4.69, 9.17) is 15.2 Å². The molecule has 0 aliphatic heterocycles. The van der Waals surface area contributed by atoms with Gasteiger partial charge in [-0.1, -0.05) is 6.07 Å². The van der Waals surface area contributed by atoms with Crippen molar-refractivity contribution in [3.05, 3.63) is 35.5 Å². The van der Waals surface area contributed by atoms with E-state index in [1.807, 2.05) is 18.2 Å². The van der Waals surface area contributed by atoms with Gasteiger partial charge in [-0.2, -0.15) is 5.10 Å². The fourth-order valence-electron chi connectivity index (χ4n) is 2.07. The molecule has 0 radical (unpaired) electrons. The number of nitrogens with zero attached hydrogens (tertiary/aromatic N) is 2. The summed E-state index contributed by atoms with van der Waals surface area (Å²) in [5.41, 5.74) is 7.19. The number of methoxy groups -OCH3 is 2. The summed E-state index contributed by atoms with van der Waals surface area (Å²) in [6.45, 7) is 0.489. The molecule has 0 fully saturated rings. The first-order valence-electron chi connectivity index (χ1n) is 6.83. The molecule has 0 aliphatic rings. The van der Waals surface area contributed by atoms with Crippen LogP contribution < -0.4 is 20.5 Å². The first-order chi connectivity index (χ1) is 10.6. The second kappa shape index (κ2) is 6.84. The largest absolute Gasteiger partial charge is 0.493 e. The molecule has 7 heteroatoms. The minimum Gasteiger partial charge on any atom is -0.493 e. The third-order valence-corrected chi connectivity index (χ3v) is 3.38. The normalized spacial score (nSPS) is 10.3. The van der Waals surface area contributed by atoms with Crippen LogP contribution in [0.3, 0.4) is 0 Å². The number of aromatic nitrogens is 2. The Morgan fingerprint density at radius 2 is 2.05 bits per heavy atom. The maximum Gasteiger partial charge on any atom is 0.256 e. The lowest BCUT2D eigenvalue weighted by molar-refractivity contribution is 0.0955. The molecule has 2 rings (SSSR count). The van der Waals surface area contributed by atoms with Crippen molar-refractivity contribution < 1.29 is 14.3 Å². The van der Waals surface area contributed by atoms with E-state index in [2.05, 4.69) is 10.4 Å². The molecular weight excluding hydrogens is 284 g/mol. The van der Waals surface area contributed by atoms with E-state index in [0.29, 0.717) is 35.8 Å². The van der Waals surface area contributed by atoms with Crippen molar-refractivity contribution in [2.45, 2.75) is 6.42 Å². The molecule has 1 amide bonds. The Bertz CT molecular complexity index is 667. The standard InChI is InChI=1S/C15H20N4O3/c1-19-14(16)11(9-18-19)15(20)17-7-6-10-4-5-12(21-2)13(8-10)22-3/h4-5,8-9H,6-7,16H2,1-3H3,(H,17,20). The van der Waals surface area contributed by atoms with Crippen LogP contribution in [0.4, 0.5) is 5.82 Å². The predicted octanol–water partition coefficient (Wildman–Crippen LogP) is 0.992. The van der Waals surface area contributed by atoms with Gasteiger partial charge in [0.2, 0.25) is 0 Å². The number of benzene rings is 1. The highest BCUT2D eigenvalue weighted by Crippen LogP contribution is 2.27. The maximum atomic E-state index is 12.0. The number of hydrogen-bond acceptors (Lipinski definition) is 5. The smallest absolute Gasteiger partial charge is 0.256 e. The van der Waals surface area contributed by atoms with Gasteiger partial charge in [0.15, 0.2) is 11.5 Å². The van der Waals surface area contributed by atoms with E-state index in [9.17, 15) is 4.79 Å². The molecule has 22 heavy (non-hydrogen) atoms. The minimum atomic E-state index is -0.230. The van der Waals surface area contributed by atoms with Crippen molar-refractivity contribution in [2.24, 2.45) is 7.05 Å². The molecule has 2 aromatic rings. The van der Waals surface area contributed by atoms with Gasteiger partial charge in [-0.15, -0.1) is 0 Å². The average Bonchev–Trinajstić information content (AvgIpc) is 2.86. The van der Waals surface area contributed by atoms with E-state index in [-0.39, 0.29) is 5.91 Å². The zero-order valence-corrected chi connectivity index (χ0v) is 12.9. The van der Waals surface area contributed by atoms with Gasteiger partial charge < -0.3 is 20.5 Å². The van der Waals surface area contributed by atoms with E-state index in [1.54, 1.807) is 21.3 Å². The molecule has 0 atom stereocenters. The number of nitrogens with one attached hydrogen (secondary N) is 1. The van der Waals surface area contributed by atoms with Crippen LogP contribution >= 0.6 is 0 Å². The van der Waals surface area contributed by atoms with Crippen molar-refractivity contribution in [1.29, 1.82) is 0 Å². The summed E-state index contributed by atoms with van der Waals surface area (Å²) in [5.74, 6) is 1.47. The van der Waals surface area contributed by atoms with Crippen molar-refractivity contribution >= 4 is 11.7 Å². The van der Waals surface area contributed by atoms with Gasteiger partial charge in [0, 0.05) is 13.6 Å². The van der Waals surface area contributed by atoms with E-state index in [1.165, 1.54) is 10.9 Å². The number of carbonyl (C=O) groups excluding carboxylic acids is 1. The highest BCUT2D eigenvalue weighted by Gasteiger charge is 2.13. The van der Waals surface area contributed by atoms with Crippen LogP contribution in [0.1, 0.15) is 15.9 Å². The third-order valence-electron chi connectivity index (χ3n) is 3.38. The summed E-state index contributed by atoms with van der Waals surface area (Å²) in [5, 5.41) is 6.77. The topological polar surface area (TPSA) is 91.4 Å².